The predicted molar refractivity (Wildman–Crippen MR) is 108 cm³/mol. The standard InChI is InChI=1S/C20H20N4O4/c1-23(13-6-4-3-5-7-13)19(27)17-18(26)14-10-12(22-16(25)11-21)8-9-15(14)24(2)20(17)28/h3-10,26H,11,21H2,1-2H3,(H,22,25). The molecule has 0 aliphatic heterocycles. The van der Waals surface area contributed by atoms with Crippen LogP contribution in [-0.2, 0) is 11.8 Å². The summed E-state index contributed by atoms with van der Waals surface area (Å²) in [7, 11) is 3.04. The minimum Gasteiger partial charge on any atom is -0.506 e. The third kappa shape index (κ3) is 3.33. The van der Waals surface area contributed by atoms with Gasteiger partial charge < -0.3 is 25.6 Å². The number of carbonyl (C=O) groups is 2. The van der Waals surface area contributed by atoms with E-state index in [1.54, 1.807) is 36.4 Å². The Morgan fingerprint density at radius 2 is 1.86 bits per heavy atom. The highest BCUT2D eigenvalue weighted by Gasteiger charge is 2.24. The first-order valence-corrected chi connectivity index (χ1v) is 8.54. The third-order valence-electron chi connectivity index (χ3n) is 4.50. The average molecular weight is 380 g/mol. The number of nitrogens with two attached hydrogens (primary N) is 1. The molecule has 2 amide bonds. The number of fused-ring (bicyclic) bond motifs is 1. The highest BCUT2D eigenvalue weighted by molar-refractivity contribution is 6.10. The van der Waals surface area contributed by atoms with Gasteiger partial charge in [-0.2, -0.15) is 0 Å². The Kier molecular flexibility index (Phi) is 5.14. The second-order valence-electron chi connectivity index (χ2n) is 6.27. The zero-order valence-electron chi connectivity index (χ0n) is 15.5. The van der Waals surface area contributed by atoms with E-state index in [1.807, 2.05) is 6.07 Å². The molecule has 0 aliphatic carbocycles. The third-order valence-corrected chi connectivity index (χ3v) is 4.50. The van der Waals surface area contributed by atoms with Gasteiger partial charge in [-0.1, -0.05) is 18.2 Å². The Bertz CT molecular complexity index is 1120. The maximum Gasteiger partial charge on any atom is 0.267 e. The van der Waals surface area contributed by atoms with Gasteiger partial charge in [-0.15, -0.1) is 0 Å². The summed E-state index contributed by atoms with van der Waals surface area (Å²) in [5.41, 5.74) is 5.74. The first kappa shape index (κ1) is 19.1. The highest BCUT2D eigenvalue weighted by atomic mass is 16.3. The number of anilines is 2. The summed E-state index contributed by atoms with van der Waals surface area (Å²) in [6, 6.07) is 13.5. The van der Waals surface area contributed by atoms with E-state index in [2.05, 4.69) is 5.32 Å². The van der Waals surface area contributed by atoms with E-state index in [0.29, 0.717) is 16.9 Å². The van der Waals surface area contributed by atoms with Crippen LogP contribution in [0.2, 0.25) is 0 Å². The van der Waals surface area contributed by atoms with Crippen molar-refractivity contribution in [1.29, 1.82) is 0 Å². The first-order chi connectivity index (χ1) is 13.3. The van der Waals surface area contributed by atoms with Gasteiger partial charge in [0.15, 0.2) is 0 Å². The van der Waals surface area contributed by atoms with Gasteiger partial charge in [-0.05, 0) is 30.3 Å². The van der Waals surface area contributed by atoms with Crippen LogP contribution in [0.1, 0.15) is 10.4 Å². The Balaban J connectivity index is 2.15. The quantitative estimate of drug-likeness (QED) is 0.633. The molecule has 0 saturated carbocycles. The van der Waals surface area contributed by atoms with E-state index in [4.69, 9.17) is 5.73 Å². The highest BCUT2D eigenvalue weighted by Crippen LogP contribution is 2.30. The maximum atomic E-state index is 13.0. The van der Waals surface area contributed by atoms with Crippen molar-refractivity contribution in [1.82, 2.24) is 4.57 Å². The molecule has 0 spiro atoms. The van der Waals surface area contributed by atoms with Crippen LogP contribution in [0.15, 0.2) is 53.3 Å². The van der Waals surface area contributed by atoms with Crippen molar-refractivity contribution >= 4 is 34.1 Å². The number of amides is 2. The number of benzene rings is 2. The largest absolute Gasteiger partial charge is 0.506 e. The molecule has 8 heteroatoms. The van der Waals surface area contributed by atoms with Crippen LogP contribution in [0.3, 0.4) is 0 Å². The molecule has 1 aromatic heterocycles. The van der Waals surface area contributed by atoms with Gasteiger partial charge in [-0.25, -0.2) is 0 Å². The summed E-state index contributed by atoms with van der Waals surface area (Å²) in [4.78, 5) is 38.5. The lowest BCUT2D eigenvalue weighted by Gasteiger charge is -2.19. The van der Waals surface area contributed by atoms with Crippen LogP contribution in [0, 0.1) is 0 Å². The summed E-state index contributed by atoms with van der Waals surface area (Å²) in [6.07, 6.45) is 0. The first-order valence-electron chi connectivity index (χ1n) is 8.54. The van der Waals surface area contributed by atoms with Gasteiger partial charge in [0.05, 0.1) is 12.1 Å². The minimum atomic E-state index is -0.636. The molecule has 28 heavy (non-hydrogen) atoms. The zero-order chi connectivity index (χ0) is 20.4. The molecule has 3 aromatic rings. The van der Waals surface area contributed by atoms with Gasteiger partial charge in [-0.3, -0.25) is 14.4 Å². The number of nitrogens with zero attached hydrogens (tertiary/aromatic N) is 2. The molecule has 144 valence electrons. The second kappa shape index (κ2) is 7.53. The summed E-state index contributed by atoms with van der Waals surface area (Å²) >= 11 is 0. The molecule has 0 bridgehead atoms. The molecule has 0 radical (unpaired) electrons. The Morgan fingerprint density at radius 3 is 2.50 bits per heavy atom. The summed E-state index contributed by atoms with van der Waals surface area (Å²) < 4.78 is 1.29. The van der Waals surface area contributed by atoms with E-state index in [0.717, 1.165) is 0 Å². The fraction of sp³-hybridized carbons (Fsp3) is 0.150. The molecule has 1 heterocycles. The summed E-state index contributed by atoms with van der Waals surface area (Å²) in [6.45, 7) is -0.192. The molecular weight excluding hydrogens is 360 g/mol. The van der Waals surface area contributed by atoms with E-state index in [1.165, 1.54) is 29.6 Å². The van der Waals surface area contributed by atoms with Crippen LogP contribution in [0.4, 0.5) is 11.4 Å². The molecule has 8 nitrogen and oxygen atoms in total. The number of para-hydroxylation sites is 1. The molecule has 0 fully saturated rings. The number of hydrogen-bond donors (Lipinski definition) is 3. The van der Waals surface area contributed by atoms with Crippen LogP contribution in [0.5, 0.6) is 5.75 Å². The smallest absolute Gasteiger partial charge is 0.267 e. The second-order valence-corrected chi connectivity index (χ2v) is 6.27. The molecule has 3 rings (SSSR count). The van der Waals surface area contributed by atoms with Gasteiger partial charge in [0.1, 0.15) is 11.3 Å². The fourth-order valence-electron chi connectivity index (χ4n) is 2.95. The van der Waals surface area contributed by atoms with Crippen LogP contribution >= 0.6 is 0 Å². The lowest BCUT2D eigenvalue weighted by Crippen LogP contribution is -2.34. The van der Waals surface area contributed by atoms with Crippen molar-refractivity contribution in [2.45, 2.75) is 0 Å². The van der Waals surface area contributed by atoms with Crippen molar-refractivity contribution in [2.24, 2.45) is 12.8 Å². The Morgan fingerprint density at radius 1 is 1.18 bits per heavy atom. The number of hydrogen-bond acceptors (Lipinski definition) is 5. The van der Waals surface area contributed by atoms with E-state index < -0.39 is 23.1 Å². The number of nitrogens with one attached hydrogen (secondary N) is 1. The number of carbonyl (C=O) groups excluding carboxylic acids is 2. The number of pyridine rings is 1. The van der Waals surface area contributed by atoms with E-state index in [9.17, 15) is 19.5 Å². The van der Waals surface area contributed by atoms with Crippen molar-refractivity contribution < 1.29 is 14.7 Å². The number of aromatic nitrogens is 1. The molecule has 0 saturated heterocycles. The molecular formula is C20H20N4O4. The van der Waals surface area contributed by atoms with Crippen molar-refractivity contribution in [3.63, 3.8) is 0 Å². The SMILES string of the molecule is CN(C(=O)c1c(O)c2cc(NC(=O)CN)ccc2n(C)c1=O)c1ccccc1. The van der Waals surface area contributed by atoms with E-state index >= 15 is 0 Å². The lowest BCUT2D eigenvalue weighted by atomic mass is 10.1. The summed E-state index contributed by atoms with van der Waals surface area (Å²) in [5, 5.41) is 13.6. The molecule has 0 atom stereocenters. The minimum absolute atomic E-state index is 0.192. The average Bonchev–Trinajstić information content (AvgIpc) is 2.72. The predicted octanol–water partition coefficient (Wildman–Crippen LogP) is 1.42. The molecule has 0 aliphatic rings. The summed E-state index contributed by atoms with van der Waals surface area (Å²) in [5.74, 6) is -1.47. The topological polar surface area (TPSA) is 118 Å². The normalized spacial score (nSPS) is 10.7. The van der Waals surface area contributed by atoms with Crippen molar-refractivity contribution in [3.8, 4) is 5.75 Å². The number of rotatable bonds is 4. The van der Waals surface area contributed by atoms with Gasteiger partial charge >= 0.3 is 0 Å². The van der Waals surface area contributed by atoms with Crippen LogP contribution < -0.4 is 21.5 Å². The van der Waals surface area contributed by atoms with Crippen LogP contribution in [0.25, 0.3) is 10.9 Å². The van der Waals surface area contributed by atoms with Crippen molar-refractivity contribution in [3.05, 3.63) is 64.4 Å². The van der Waals surface area contributed by atoms with E-state index in [-0.39, 0.29) is 17.5 Å². The Labute approximate surface area is 160 Å². The van der Waals surface area contributed by atoms with Gasteiger partial charge in [0.25, 0.3) is 11.5 Å². The lowest BCUT2D eigenvalue weighted by molar-refractivity contribution is -0.114. The molecule has 4 N–H and O–H groups in total. The zero-order valence-corrected chi connectivity index (χ0v) is 15.5. The number of aromatic hydroxyl groups is 1. The van der Waals surface area contributed by atoms with Gasteiger partial charge in [0, 0.05) is 30.9 Å². The number of aryl methyl sites for hydroxylation is 1. The Hall–Kier alpha value is -3.65. The molecule has 2 aromatic carbocycles. The van der Waals surface area contributed by atoms with Gasteiger partial charge in [0.2, 0.25) is 5.91 Å². The van der Waals surface area contributed by atoms with Crippen LogP contribution in [-0.4, -0.2) is 35.1 Å². The molecule has 0 unspecified atom stereocenters. The maximum absolute atomic E-state index is 13.0. The van der Waals surface area contributed by atoms with Crippen molar-refractivity contribution in [2.75, 3.05) is 23.8 Å². The fourth-order valence-corrected chi connectivity index (χ4v) is 2.95. The monoisotopic (exact) mass is 380 g/mol.